The van der Waals surface area contributed by atoms with Crippen molar-refractivity contribution in [2.75, 3.05) is 44.9 Å². The number of nitrogens with one attached hydrogen (secondary N) is 3. The zero-order chi connectivity index (χ0) is 27.5. The number of hydrogen-bond acceptors (Lipinski definition) is 8. The number of aromatic nitrogens is 3. The number of halogens is 1. The molecule has 38 heavy (non-hydrogen) atoms. The number of carbonyl (C=O) groups is 2. The van der Waals surface area contributed by atoms with E-state index in [1.165, 1.54) is 23.2 Å². The van der Waals surface area contributed by atoms with Crippen LogP contribution in [0.1, 0.15) is 38.2 Å². The van der Waals surface area contributed by atoms with Gasteiger partial charge in [-0.1, -0.05) is 17.9 Å². The lowest BCUT2D eigenvalue weighted by Crippen LogP contribution is -2.45. The molecule has 0 radical (unpaired) electrons. The highest BCUT2D eigenvalue weighted by molar-refractivity contribution is 5.92. The van der Waals surface area contributed by atoms with E-state index in [1.54, 1.807) is 32.3 Å². The molecule has 3 N–H and O–H groups in total. The molecule has 1 atom stereocenters. The summed E-state index contributed by atoms with van der Waals surface area (Å²) in [4.78, 5) is 40.4. The van der Waals surface area contributed by atoms with Crippen molar-refractivity contribution < 1.29 is 14.0 Å². The minimum atomic E-state index is -0.590. The molecule has 2 amide bonds. The summed E-state index contributed by atoms with van der Waals surface area (Å²) in [6, 6.07) is 2.68. The van der Waals surface area contributed by atoms with Gasteiger partial charge < -0.3 is 25.8 Å². The minimum Gasteiger partial charge on any atom is -0.366 e. The summed E-state index contributed by atoms with van der Waals surface area (Å²) in [5, 5.41) is 9.20. The van der Waals surface area contributed by atoms with Gasteiger partial charge in [-0.15, -0.1) is 0 Å². The van der Waals surface area contributed by atoms with Crippen LogP contribution < -0.4 is 16.0 Å². The van der Waals surface area contributed by atoms with Gasteiger partial charge in [0.2, 0.25) is 23.7 Å². The predicted molar refractivity (Wildman–Crippen MR) is 145 cm³/mol. The van der Waals surface area contributed by atoms with Gasteiger partial charge in [-0.05, 0) is 46.3 Å². The first-order valence-corrected chi connectivity index (χ1v) is 12.6. The quantitative estimate of drug-likeness (QED) is 0.169. The molecule has 0 saturated heterocycles. The van der Waals surface area contributed by atoms with Crippen LogP contribution in [0.25, 0.3) is 0 Å². The summed E-state index contributed by atoms with van der Waals surface area (Å²) in [7, 11) is 5.45. The predicted octanol–water partition coefficient (Wildman–Crippen LogP) is 2.54. The van der Waals surface area contributed by atoms with E-state index < -0.39 is 12.0 Å². The summed E-state index contributed by atoms with van der Waals surface area (Å²) < 4.78 is 13.4. The third kappa shape index (κ3) is 9.44. The number of anilines is 3. The van der Waals surface area contributed by atoms with Crippen LogP contribution in [0.15, 0.2) is 36.7 Å². The number of likely N-dealkylation sites (N-methyl/N-ethyl adjacent to an activating group) is 2. The first kappa shape index (κ1) is 28.5. The summed E-state index contributed by atoms with van der Waals surface area (Å²) >= 11 is 0. The molecule has 2 heterocycles. The van der Waals surface area contributed by atoms with Gasteiger partial charge in [0, 0.05) is 56.6 Å². The van der Waals surface area contributed by atoms with Crippen molar-refractivity contribution in [3.05, 3.63) is 48.2 Å². The van der Waals surface area contributed by atoms with E-state index in [4.69, 9.17) is 0 Å². The summed E-state index contributed by atoms with van der Waals surface area (Å²) in [5.41, 5.74) is 1.17. The van der Waals surface area contributed by atoms with E-state index in [0.717, 1.165) is 12.8 Å². The molecule has 0 bridgehead atoms. The third-order valence-electron chi connectivity index (χ3n) is 5.73. The number of amides is 2. The lowest BCUT2D eigenvalue weighted by atomic mass is 10.2. The van der Waals surface area contributed by atoms with Crippen molar-refractivity contribution >= 4 is 29.3 Å². The highest BCUT2D eigenvalue weighted by atomic mass is 19.1. The van der Waals surface area contributed by atoms with Crippen LogP contribution in [0, 0.1) is 17.8 Å². The molecule has 2 aromatic rings. The van der Waals surface area contributed by atoms with Gasteiger partial charge in [-0.2, -0.15) is 9.37 Å². The SMILES string of the molecule is CC(C(=O)NCCCC#Cc1cnc(Nc2ccnc(F)c2)nc1NC1CC1)N(C)C(=O)/C=C/CN(C)C. The van der Waals surface area contributed by atoms with Crippen LogP contribution in [0.4, 0.5) is 21.8 Å². The maximum absolute atomic E-state index is 13.4. The average Bonchev–Trinajstić information content (AvgIpc) is 3.70. The van der Waals surface area contributed by atoms with Crippen molar-refractivity contribution in [3.8, 4) is 11.8 Å². The maximum Gasteiger partial charge on any atom is 0.246 e. The van der Waals surface area contributed by atoms with Crippen LogP contribution in [0.2, 0.25) is 0 Å². The Kier molecular flexibility index (Phi) is 10.5. The van der Waals surface area contributed by atoms with Crippen LogP contribution in [-0.2, 0) is 9.59 Å². The van der Waals surface area contributed by atoms with Crippen LogP contribution in [0.3, 0.4) is 0 Å². The first-order valence-electron chi connectivity index (χ1n) is 12.6. The molecule has 0 aromatic carbocycles. The zero-order valence-electron chi connectivity index (χ0n) is 22.3. The average molecular weight is 523 g/mol. The Bertz CT molecular complexity index is 1200. The highest BCUT2D eigenvalue weighted by Crippen LogP contribution is 2.26. The van der Waals surface area contributed by atoms with Gasteiger partial charge in [0.15, 0.2) is 0 Å². The van der Waals surface area contributed by atoms with E-state index in [0.29, 0.717) is 55.0 Å². The normalized spacial score (nSPS) is 13.5. The van der Waals surface area contributed by atoms with Gasteiger partial charge in [0.05, 0.1) is 11.8 Å². The van der Waals surface area contributed by atoms with Gasteiger partial charge in [0.25, 0.3) is 0 Å². The molecule has 11 heteroatoms. The lowest BCUT2D eigenvalue weighted by molar-refractivity contribution is -0.135. The Balaban J connectivity index is 1.48. The first-order chi connectivity index (χ1) is 18.2. The summed E-state index contributed by atoms with van der Waals surface area (Å²) in [6.45, 7) is 2.80. The Labute approximate surface area is 223 Å². The Hall–Kier alpha value is -4.04. The molecule has 202 valence electrons. The molecular formula is C27H35FN8O2. The summed E-state index contributed by atoms with van der Waals surface area (Å²) in [6.07, 6.45) is 9.62. The van der Waals surface area contributed by atoms with E-state index in [-0.39, 0.29) is 11.8 Å². The molecule has 0 aliphatic heterocycles. The second-order valence-corrected chi connectivity index (χ2v) is 9.35. The lowest BCUT2D eigenvalue weighted by Gasteiger charge is -2.23. The molecule has 1 aliphatic rings. The Morgan fingerprint density at radius 2 is 2.05 bits per heavy atom. The van der Waals surface area contributed by atoms with Gasteiger partial charge in [-0.3, -0.25) is 9.59 Å². The fraction of sp³-hybridized carbons (Fsp3) is 0.444. The van der Waals surface area contributed by atoms with E-state index in [1.807, 2.05) is 19.0 Å². The molecule has 0 spiro atoms. The zero-order valence-corrected chi connectivity index (χ0v) is 22.3. The van der Waals surface area contributed by atoms with Crippen molar-refractivity contribution in [1.29, 1.82) is 0 Å². The monoisotopic (exact) mass is 522 g/mol. The molecule has 3 rings (SSSR count). The topological polar surface area (TPSA) is 115 Å². The smallest absolute Gasteiger partial charge is 0.246 e. The number of unbranched alkanes of at least 4 members (excludes halogenated alkanes) is 1. The number of nitrogens with zero attached hydrogens (tertiary/aromatic N) is 5. The number of pyridine rings is 1. The highest BCUT2D eigenvalue weighted by Gasteiger charge is 2.23. The summed E-state index contributed by atoms with van der Waals surface area (Å²) in [5.74, 6) is 6.16. The van der Waals surface area contributed by atoms with Crippen LogP contribution in [-0.4, -0.2) is 82.9 Å². The van der Waals surface area contributed by atoms with Crippen molar-refractivity contribution in [2.45, 2.75) is 44.7 Å². The number of hydrogen-bond donors (Lipinski definition) is 3. The van der Waals surface area contributed by atoms with Crippen LogP contribution in [0.5, 0.6) is 0 Å². The van der Waals surface area contributed by atoms with E-state index >= 15 is 0 Å². The van der Waals surface area contributed by atoms with E-state index in [9.17, 15) is 14.0 Å². The van der Waals surface area contributed by atoms with Crippen molar-refractivity contribution in [2.24, 2.45) is 0 Å². The third-order valence-corrected chi connectivity index (χ3v) is 5.73. The maximum atomic E-state index is 13.4. The largest absolute Gasteiger partial charge is 0.366 e. The van der Waals surface area contributed by atoms with Gasteiger partial charge >= 0.3 is 0 Å². The standard InChI is InChI=1S/C27H35FN8O2/c1-19(36(4)24(37)10-8-16-35(2)3)26(38)30-14-7-5-6-9-20-18-31-27(34-25(20)32-21-11-12-21)33-22-13-15-29-23(28)17-22/h8,10,13,15,17-19,21H,5,7,11-12,14,16H2,1-4H3,(H,30,38)(H2,29,31,32,33,34)/b10-8+. The number of rotatable bonds is 12. The Morgan fingerprint density at radius 1 is 1.26 bits per heavy atom. The molecule has 1 unspecified atom stereocenters. The molecule has 1 aliphatic carbocycles. The van der Waals surface area contributed by atoms with Crippen molar-refractivity contribution in [3.63, 3.8) is 0 Å². The Morgan fingerprint density at radius 3 is 2.76 bits per heavy atom. The van der Waals surface area contributed by atoms with Crippen LogP contribution >= 0.6 is 0 Å². The second-order valence-electron chi connectivity index (χ2n) is 9.35. The fourth-order valence-corrected chi connectivity index (χ4v) is 3.22. The molecule has 1 fully saturated rings. The second kappa shape index (κ2) is 14.0. The molecule has 10 nitrogen and oxygen atoms in total. The van der Waals surface area contributed by atoms with Crippen molar-refractivity contribution in [1.82, 2.24) is 30.1 Å². The minimum absolute atomic E-state index is 0.212. The molecular weight excluding hydrogens is 487 g/mol. The fourth-order valence-electron chi connectivity index (χ4n) is 3.22. The molecule has 1 saturated carbocycles. The number of carbonyl (C=O) groups excluding carboxylic acids is 2. The van der Waals surface area contributed by atoms with E-state index in [2.05, 4.69) is 42.7 Å². The van der Waals surface area contributed by atoms with Gasteiger partial charge in [0.1, 0.15) is 11.9 Å². The molecule has 2 aromatic heterocycles. The van der Waals surface area contributed by atoms with Gasteiger partial charge in [-0.25, -0.2) is 9.97 Å².